The normalized spacial score (nSPS) is 16.7. The molecule has 0 amide bonds. The molecule has 5 heteroatoms. The van der Waals surface area contributed by atoms with Gasteiger partial charge < -0.3 is 10.1 Å². The molecule has 0 saturated carbocycles. The highest BCUT2D eigenvalue weighted by Crippen LogP contribution is 2.27. The topological polar surface area (TPSA) is 24.5 Å². The van der Waals surface area contributed by atoms with Crippen molar-refractivity contribution in [1.29, 1.82) is 0 Å². The third-order valence-corrected chi connectivity index (χ3v) is 3.66. The zero-order chi connectivity index (χ0) is 12.8. The van der Waals surface area contributed by atoms with Crippen molar-refractivity contribution in [3.05, 3.63) is 29.8 Å². The fourth-order valence-corrected chi connectivity index (χ4v) is 2.65. The van der Waals surface area contributed by atoms with E-state index in [0.29, 0.717) is 6.04 Å². The Bertz CT molecular complexity index is 353. The van der Waals surface area contributed by atoms with E-state index >= 15 is 0 Å². The summed E-state index contributed by atoms with van der Waals surface area (Å²) in [7, 11) is 1.72. The number of hydrogen-bond acceptors (Lipinski definition) is 3. The van der Waals surface area contributed by atoms with Crippen molar-refractivity contribution in [1.82, 2.24) is 10.2 Å². The van der Waals surface area contributed by atoms with Crippen LogP contribution in [0.1, 0.15) is 31.4 Å². The van der Waals surface area contributed by atoms with E-state index in [1.165, 1.54) is 18.4 Å². The van der Waals surface area contributed by atoms with E-state index in [1.54, 1.807) is 7.11 Å². The number of nitrogens with zero attached hydrogens (tertiary/aromatic N) is 1. The molecule has 1 aromatic rings. The number of rotatable bonds is 5. The number of piperazine rings is 1. The van der Waals surface area contributed by atoms with Gasteiger partial charge in [0.25, 0.3) is 0 Å². The smallest absolute Gasteiger partial charge is 0.118 e. The van der Waals surface area contributed by atoms with Crippen molar-refractivity contribution in [2.75, 3.05) is 33.3 Å². The Balaban J connectivity index is 0.00000180. The third kappa shape index (κ3) is 5.13. The van der Waals surface area contributed by atoms with Gasteiger partial charge in [0.2, 0.25) is 0 Å². The first kappa shape index (κ1) is 19.5. The van der Waals surface area contributed by atoms with Crippen LogP contribution in [0.2, 0.25) is 0 Å². The Hall–Kier alpha value is -0.480. The zero-order valence-corrected chi connectivity index (χ0v) is 13.9. The highest BCUT2D eigenvalue weighted by Gasteiger charge is 2.21. The van der Waals surface area contributed by atoms with Crippen LogP contribution in [-0.4, -0.2) is 38.2 Å². The lowest BCUT2D eigenvalue weighted by Gasteiger charge is -2.35. The molecule has 1 heterocycles. The molecule has 0 radical (unpaired) electrons. The van der Waals surface area contributed by atoms with E-state index < -0.39 is 0 Å². The van der Waals surface area contributed by atoms with Crippen molar-refractivity contribution in [2.45, 2.75) is 25.8 Å². The molecule has 0 aromatic heterocycles. The molecular weight excluding hydrogens is 295 g/mol. The molecule has 0 unspecified atom stereocenters. The Kier molecular flexibility index (Phi) is 10.0. The largest absolute Gasteiger partial charge is 0.497 e. The first-order chi connectivity index (χ1) is 8.85. The first-order valence-corrected chi connectivity index (χ1v) is 6.94. The Morgan fingerprint density at radius 1 is 1.15 bits per heavy atom. The summed E-state index contributed by atoms with van der Waals surface area (Å²) in [6, 6.07) is 9.12. The van der Waals surface area contributed by atoms with E-state index in [-0.39, 0.29) is 24.8 Å². The molecule has 1 atom stereocenters. The molecule has 3 nitrogen and oxygen atoms in total. The number of methoxy groups -OCH3 is 1. The standard InChI is InChI=1S/C15H24N2O.2ClH/c1-3-4-15(17-11-9-16-10-12-17)13-5-7-14(18-2)8-6-13;;/h5-8,15-16H,3-4,9-12H2,1-2H3;2*1H/t15-;;/m0../s1. The molecule has 1 aliphatic rings. The fourth-order valence-electron chi connectivity index (χ4n) is 2.65. The average Bonchev–Trinajstić information content (AvgIpc) is 2.46. The van der Waals surface area contributed by atoms with Gasteiger partial charge in [-0.15, -0.1) is 24.8 Å². The van der Waals surface area contributed by atoms with E-state index in [1.807, 2.05) is 0 Å². The summed E-state index contributed by atoms with van der Waals surface area (Å²) in [5, 5.41) is 3.42. The maximum atomic E-state index is 5.23. The van der Waals surface area contributed by atoms with Gasteiger partial charge in [-0.3, -0.25) is 4.90 Å². The lowest BCUT2D eigenvalue weighted by atomic mass is 10.00. The molecule has 1 aliphatic heterocycles. The van der Waals surface area contributed by atoms with Crippen LogP contribution in [0.15, 0.2) is 24.3 Å². The van der Waals surface area contributed by atoms with Crippen molar-refractivity contribution in [2.24, 2.45) is 0 Å². The first-order valence-electron chi connectivity index (χ1n) is 6.94. The third-order valence-electron chi connectivity index (χ3n) is 3.66. The number of halogens is 2. The van der Waals surface area contributed by atoms with Gasteiger partial charge in [-0.1, -0.05) is 25.5 Å². The van der Waals surface area contributed by atoms with Gasteiger partial charge in [0.1, 0.15) is 5.75 Å². The lowest BCUT2D eigenvalue weighted by molar-refractivity contribution is 0.164. The monoisotopic (exact) mass is 320 g/mol. The Labute approximate surface area is 134 Å². The summed E-state index contributed by atoms with van der Waals surface area (Å²) in [4.78, 5) is 2.60. The maximum absolute atomic E-state index is 5.23. The molecule has 1 aromatic carbocycles. The summed E-state index contributed by atoms with van der Waals surface area (Å²) >= 11 is 0. The minimum atomic E-state index is 0. The van der Waals surface area contributed by atoms with Crippen LogP contribution in [0.5, 0.6) is 5.75 Å². The van der Waals surface area contributed by atoms with Crippen LogP contribution in [0.4, 0.5) is 0 Å². The second-order valence-electron chi connectivity index (χ2n) is 4.86. The van der Waals surface area contributed by atoms with Gasteiger partial charge in [0, 0.05) is 32.2 Å². The van der Waals surface area contributed by atoms with E-state index in [2.05, 4.69) is 41.4 Å². The lowest BCUT2D eigenvalue weighted by Crippen LogP contribution is -2.45. The summed E-state index contributed by atoms with van der Waals surface area (Å²) in [5.41, 5.74) is 1.42. The number of hydrogen-bond donors (Lipinski definition) is 1. The molecule has 1 saturated heterocycles. The average molecular weight is 321 g/mol. The maximum Gasteiger partial charge on any atom is 0.118 e. The van der Waals surface area contributed by atoms with Gasteiger partial charge in [-0.05, 0) is 24.1 Å². The van der Waals surface area contributed by atoms with Gasteiger partial charge in [0.05, 0.1) is 7.11 Å². The predicted molar refractivity (Wildman–Crippen MR) is 89.6 cm³/mol. The summed E-state index contributed by atoms with van der Waals surface area (Å²) in [6.45, 7) is 6.78. The predicted octanol–water partition coefficient (Wildman–Crippen LogP) is 3.29. The number of nitrogens with one attached hydrogen (secondary N) is 1. The molecule has 0 bridgehead atoms. The van der Waals surface area contributed by atoms with Gasteiger partial charge in [0.15, 0.2) is 0 Å². The quantitative estimate of drug-likeness (QED) is 0.901. The van der Waals surface area contributed by atoms with Crippen LogP contribution >= 0.6 is 24.8 Å². The van der Waals surface area contributed by atoms with Crippen molar-refractivity contribution in [3.8, 4) is 5.75 Å². The molecule has 116 valence electrons. The van der Waals surface area contributed by atoms with Crippen LogP contribution in [0.3, 0.4) is 0 Å². The molecule has 2 rings (SSSR count). The summed E-state index contributed by atoms with van der Waals surface area (Å²) < 4.78 is 5.23. The number of benzene rings is 1. The van der Waals surface area contributed by atoms with Crippen molar-refractivity contribution < 1.29 is 4.74 Å². The van der Waals surface area contributed by atoms with Crippen LogP contribution in [0, 0.1) is 0 Å². The molecule has 0 spiro atoms. The molecule has 1 fully saturated rings. The molecule has 1 N–H and O–H groups in total. The zero-order valence-electron chi connectivity index (χ0n) is 12.3. The van der Waals surface area contributed by atoms with Crippen molar-refractivity contribution >= 4 is 24.8 Å². The van der Waals surface area contributed by atoms with Crippen LogP contribution in [0.25, 0.3) is 0 Å². The number of ether oxygens (including phenoxy) is 1. The second-order valence-corrected chi connectivity index (χ2v) is 4.86. The summed E-state index contributed by atoms with van der Waals surface area (Å²) in [6.07, 6.45) is 2.45. The van der Waals surface area contributed by atoms with Gasteiger partial charge >= 0.3 is 0 Å². The molecule has 20 heavy (non-hydrogen) atoms. The second kappa shape index (κ2) is 10.3. The van der Waals surface area contributed by atoms with E-state index in [9.17, 15) is 0 Å². The van der Waals surface area contributed by atoms with E-state index in [0.717, 1.165) is 31.9 Å². The van der Waals surface area contributed by atoms with Gasteiger partial charge in [-0.25, -0.2) is 0 Å². The van der Waals surface area contributed by atoms with Crippen LogP contribution in [-0.2, 0) is 0 Å². The SMILES string of the molecule is CCC[C@@H](c1ccc(OC)cc1)N1CCNCC1.Cl.Cl. The molecular formula is C15H26Cl2N2O. The van der Waals surface area contributed by atoms with Crippen LogP contribution < -0.4 is 10.1 Å². The molecule has 0 aliphatic carbocycles. The Morgan fingerprint density at radius 2 is 1.75 bits per heavy atom. The van der Waals surface area contributed by atoms with E-state index in [4.69, 9.17) is 4.74 Å². The minimum Gasteiger partial charge on any atom is -0.497 e. The Morgan fingerprint density at radius 3 is 2.25 bits per heavy atom. The fraction of sp³-hybridized carbons (Fsp3) is 0.600. The highest BCUT2D eigenvalue weighted by atomic mass is 35.5. The summed E-state index contributed by atoms with van der Waals surface area (Å²) in [5.74, 6) is 0.939. The van der Waals surface area contributed by atoms with Gasteiger partial charge in [-0.2, -0.15) is 0 Å². The highest BCUT2D eigenvalue weighted by molar-refractivity contribution is 5.85. The van der Waals surface area contributed by atoms with Crippen molar-refractivity contribution in [3.63, 3.8) is 0 Å². The minimum absolute atomic E-state index is 0.